The van der Waals surface area contributed by atoms with Gasteiger partial charge in [-0.1, -0.05) is 6.08 Å². The van der Waals surface area contributed by atoms with Crippen molar-refractivity contribution in [3.8, 4) is 5.75 Å². The van der Waals surface area contributed by atoms with E-state index in [9.17, 15) is 0 Å². The Balaban J connectivity index is 1.93. The summed E-state index contributed by atoms with van der Waals surface area (Å²) in [5, 5.41) is 3.53. The minimum absolute atomic E-state index is 0.733. The average molecular weight is 300 g/mol. The lowest BCUT2D eigenvalue weighted by Gasteiger charge is -2.33. The SMILES string of the molecule is CN1CCOc2cc3c(c(C4=CCOCC4)c21)CCNCC3. The summed E-state index contributed by atoms with van der Waals surface area (Å²) in [4.78, 5) is 2.36. The van der Waals surface area contributed by atoms with Crippen molar-refractivity contribution in [2.75, 3.05) is 51.4 Å². The molecule has 0 saturated heterocycles. The maximum Gasteiger partial charge on any atom is 0.143 e. The first-order chi connectivity index (χ1) is 10.8. The zero-order valence-electron chi connectivity index (χ0n) is 13.3. The molecule has 0 amide bonds. The maximum absolute atomic E-state index is 6.01. The third kappa shape index (κ3) is 2.40. The first kappa shape index (κ1) is 14.1. The van der Waals surface area contributed by atoms with E-state index in [1.165, 1.54) is 28.0 Å². The molecule has 3 aliphatic rings. The van der Waals surface area contributed by atoms with Crippen LogP contribution in [0, 0.1) is 0 Å². The summed E-state index contributed by atoms with van der Waals surface area (Å²) < 4.78 is 11.5. The summed E-state index contributed by atoms with van der Waals surface area (Å²) >= 11 is 0. The Hall–Kier alpha value is -1.52. The molecule has 0 spiro atoms. The highest BCUT2D eigenvalue weighted by Gasteiger charge is 2.27. The summed E-state index contributed by atoms with van der Waals surface area (Å²) in [5.41, 5.74) is 7.15. The molecule has 0 aromatic heterocycles. The second-order valence-electron chi connectivity index (χ2n) is 6.31. The molecule has 0 bridgehead atoms. The Morgan fingerprint density at radius 1 is 1.14 bits per heavy atom. The summed E-state index contributed by atoms with van der Waals surface area (Å²) in [6, 6.07) is 2.29. The van der Waals surface area contributed by atoms with E-state index < -0.39 is 0 Å². The quantitative estimate of drug-likeness (QED) is 0.860. The minimum atomic E-state index is 0.733. The van der Waals surface area contributed by atoms with Gasteiger partial charge in [-0.3, -0.25) is 0 Å². The number of ether oxygens (including phenoxy) is 2. The van der Waals surface area contributed by atoms with E-state index in [4.69, 9.17) is 9.47 Å². The number of anilines is 1. The van der Waals surface area contributed by atoms with E-state index in [0.717, 1.165) is 64.5 Å². The highest BCUT2D eigenvalue weighted by atomic mass is 16.5. The fourth-order valence-electron chi connectivity index (χ4n) is 3.80. The third-order valence-corrected chi connectivity index (χ3v) is 4.94. The molecule has 1 aromatic carbocycles. The second-order valence-corrected chi connectivity index (χ2v) is 6.31. The number of fused-ring (bicyclic) bond motifs is 2. The summed E-state index contributed by atoms with van der Waals surface area (Å²) in [5.74, 6) is 1.07. The van der Waals surface area contributed by atoms with E-state index >= 15 is 0 Å². The molecule has 0 unspecified atom stereocenters. The molecule has 0 atom stereocenters. The van der Waals surface area contributed by atoms with Crippen molar-refractivity contribution in [1.82, 2.24) is 5.32 Å². The molecule has 0 fully saturated rings. The number of benzene rings is 1. The van der Waals surface area contributed by atoms with Crippen LogP contribution in [0.2, 0.25) is 0 Å². The van der Waals surface area contributed by atoms with E-state index in [2.05, 4.69) is 29.4 Å². The van der Waals surface area contributed by atoms with Crippen LogP contribution < -0.4 is 15.0 Å². The topological polar surface area (TPSA) is 33.7 Å². The van der Waals surface area contributed by atoms with Crippen LogP contribution in [-0.4, -0.2) is 46.5 Å². The van der Waals surface area contributed by atoms with Gasteiger partial charge >= 0.3 is 0 Å². The van der Waals surface area contributed by atoms with Crippen molar-refractivity contribution >= 4 is 11.3 Å². The number of hydrogen-bond donors (Lipinski definition) is 1. The van der Waals surface area contributed by atoms with Gasteiger partial charge in [0.05, 0.1) is 25.4 Å². The van der Waals surface area contributed by atoms with E-state index in [1.807, 2.05) is 0 Å². The van der Waals surface area contributed by atoms with Crippen LogP contribution in [0.25, 0.3) is 5.57 Å². The number of nitrogens with one attached hydrogen (secondary N) is 1. The van der Waals surface area contributed by atoms with Crippen LogP contribution in [0.3, 0.4) is 0 Å². The zero-order valence-corrected chi connectivity index (χ0v) is 13.3. The van der Waals surface area contributed by atoms with E-state index in [0.29, 0.717) is 0 Å². The van der Waals surface area contributed by atoms with Crippen LogP contribution in [0.5, 0.6) is 5.75 Å². The molecule has 0 saturated carbocycles. The van der Waals surface area contributed by atoms with Crippen LogP contribution in [0.15, 0.2) is 12.1 Å². The molecule has 118 valence electrons. The third-order valence-electron chi connectivity index (χ3n) is 4.94. The lowest BCUT2D eigenvalue weighted by atomic mass is 9.87. The van der Waals surface area contributed by atoms with Gasteiger partial charge in [0.25, 0.3) is 0 Å². The number of nitrogens with zero attached hydrogens (tertiary/aromatic N) is 1. The van der Waals surface area contributed by atoms with Gasteiger partial charge in [0.2, 0.25) is 0 Å². The highest BCUT2D eigenvalue weighted by molar-refractivity contribution is 5.85. The molecule has 0 radical (unpaired) electrons. The molecule has 1 aromatic rings. The van der Waals surface area contributed by atoms with Gasteiger partial charge in [0.1, 0.15) is 12.4 Å². The highest BCUT2D eigenvalue weighted by Crippen LogP contribution is 2.43. The van der Waals surface area contributed by atoms with Crippen LogP contribution >= 0.6 is 0 Å². The predicted octanol–water partition coefficient (Wildman–Crippen LogP) is 2.01. The standard InChI is InChI=1S/C18H24N2O2/c1-20-8-11-22-16-12-14-2-6-19-7-3-15(14)17(18(16)20)13-4-9-21-10-5-13/h4,12,19H,2-3,5-11H2,1H3. The number of rotatable bonds is 1. The average Bonchev–Trinajstić information content (AvgIpc) is 2.79. The summed E-state index contributed by atoms with van der Waals surface area (Å²) in [6.07, 6.45) is 5.46. The van der Waals surface area contributed by atoms with Gasteiger partial charge in [-0.15, -0.1) is 0 Å². The van der Waals surface area contributed by atoms with Crippen molar-refractivity contribution in [2.45, 2.75) is 19.3 Å². The van der Waals surface area contributed by atoms with Gasteiger partial charge in [-0.05, 0) is 55.1 Å². The van der Waals surface area contributed by atoms with Gasteiger partial charge in [0.15, 0.2) is 0 Å². The van der Waals surface area contributed by atoms with Crippen molar-refractivity contribution in [3.63, 3.8) is 0 Å². The molecule has 3 heterocycles. The van der Waals surface area contributed by atoms with Crippen LogP contribution in [-0.2, 0) is 17.6 Å². The predicted molar refractivity (Wildman–Crippen MR) is 88.9 cm³/mol. The van der Waals surface area contributed by atoms with Gasteiger partial charge in [-0.2, -0.15) is 0 Å². The first-order valence-electron chi connectivity index (χ1n) is 8.35. The molecule has 4 rings (SSSR count). The Bertz CT molecular complexity index is 610. The zero-order chi connectivity index (χ0) is 14.9. The Kier molecular flexibility index (Phi) is 3.80. The Labute approximate surface area is 132 Å². The van der Waals surface area contributed by atoms with Crippen LogP contribution in [0.1, 0.15) is 23.1 Å². The van der Waals surface area contributed by atoms with Gasteiger partial charge in [-0.25, -0.2) is 0 Å². The fourth-order valence-corrected chi connectivity index (χ4v) is 3.80. The van der Waals surface area contributed by atoms with Crippen molar-refractivity contribution in [1.29, 1.82) is 0 Å². The lowest BCUT2D eigenvalue weighted by Crippen LogP contribution is -2.30. The molecule has 4 nitrogen and oxygen atoms in total. The number of hydrogen-bond acceptors (Lipinski definition) is 4. The Morgan fingerprint density at radius 2 is 2.05 bits per heavy atom. The second kappa shape index (κ2) is 5.94. The molecule has 3 aliphatic heterocycles. The van der Waals surface area contributed by atoms with Crippen molar-refractivity contribution < 1.29 is 9.47 Å². The Morgan fingerprint density at radius 3 is 2.91 bits per heavy atom. The van der Waals surface area contributed by atoms with E-state index in [1.54, 1.807) is 0 Å². The number of likely N-dealkylation sites (N-methyl/N-ethyl adjacent to an activating group) is 1. The molecule has 0 aliphatic carbocycles. The minimum Gasteiger partial charge on any atom is -0.490 e. The molecular formula is C18H24N2O2. The lowest BCUT2D eigenvalue weighted by molar-refractivity contribution is 0.161. The first-order valence-corrected chi connectivity index (χ1v) is 8.35. The monoisotopic (exact) mass is 300 g/mol. The van der Waals surface area contributed by atoms with E-state index in [-0.39, 0.29) is 0 Å². The van der Waals surface area contributed by atoms with Gasteiger partial charge < -0.3 is 19.7 Å². The fraction of sp³-hybridized carbons (Fsp3) is 0.556. The molecular weight excluding hydrogens is 276 g/mol. The normalized spacial score (nSPS) is 21.3. The smallest absolute Gasteiger partial charge is 0.143 e. The molecule has 4 heteroatoms. The summed E-state index contributed by atoms with van der Waals surface area (Å²) in [6.45, 7) is 5.42. The van der Waals surface area contributed by atoms with Crippen molar-refractivity contribution in [2.24, 2.45) is 0 Å². The maximum atomic E-state index is 6.01. The molecule has 22 heavy (non-hydrogen) atoms. The van der Waals surface area contributed by atoms with Crippen LogP contribution in [0.4, 0.5) is 5.69 Å². The summed E-state index contributed by atoms with van der Waals surface area (Å²) in [7, 11) is 2.19. The largest absolute Gasteiger partial charge is 0.490 e. The van der Waals surface area contributed by atoms with Gasteiger partial charge in [0, 0.05) is 12.6 Å². The van der Waals surface area contributed by atoms with Crippen molar-refractivity contribution in [3.05, 3.63) is 28.8 Å². The molecule has 1 N–H and O–H groups in total.